The predicted molar refractivity (Wildman–Crippen MR) is 95.4 cm³/mol. The van der Waals surface area contributed by atoms with Crippen LogP contribution in [0.15, 0.2) is 36.4 Å². The van der Waals surface area contributed by atoms with Gasteiger partial charge in [-0.05, 0) is 65.7 Å². The van der Waals surface area contributed by atoms with E-state index in [-0.39, 0.29) is 11.9 Å². The van der Waals surface area contributed by atoms with Crippen molar-refractivity contribution in [1.82, 2.24) is 5.32 Å². The van der Waals surface area contributed by atoms with Crippen LogP contribution in [-0.4, -0.2) is 6.54 Å². The lowest BCUT2D eigenvalue weighted by atomic mass is 9.96. The molecule has 1 unspecified atom stereocenters. The second kappa shape index (κ2) is 7.56. The lowest BCUT2D eigenvalue weighted by Gasteiger charge is -2.22. The van der Waals surface area contributed by atoms with Crippen LogP contribution >= 0.6 is 34.2 Å². The molecule has 0 aliphatic heterocycles. The number of halogens is 3. The van der Waals surface area contributed by atoms with E-state index in [9.17, 15) is 4.39 Å². The number of hydrogen-bond acceptors (Lipinski definition) is 1. The molecular formula is C17H18ClFIN. The number of benzene rings is 2. The highest BCUT2D eigenvalue weighted by molar-refractivity contribution is 14.1. The Morgan fingerprint density at radius 1 is 1.24 bits per heavy atom. The SMILES string of the molecule is CCCNC(c1ccc(Cl)cc1F)c1cccc(C)c1I. The molecule has 21 heavy (non-hydrogen) atoms. The average molecular weight is 418 g/mol. The van der Waals surface area contributed by atoms with Crippen molar-refractivity contribution in [3.05, 3.63) is 67.5 Å². The first-order valence-corrected chi connectivity index (χ1v) is 8.43. The molecule has 1 atom stereocenters. The number of hydrogen-bond donors (Lipinski definition) is 1. The molecule has 1 N–H and O–H groups in total. The van der Waals surface area contributed by atoms with Gasteiger partial charge in [-0.3, -0.25) is 0 Å². The van der Waals surface area contributed by atoms with Crippen molar-refractivity contribution in [2.24, 2.45) is 0 Å². The molecule has 1 nitrogen and oxygen atoms in total. The topological polar surface area (TPSA) is 12.0 Å². The molecule has 0 radical (unpaired) electrons. The fourth-order valence-electron chi connectivity index (χ4n) is 2.30. The Labute approximate surface area is 144 Å². The highest BCUT2D eigenvalue weighted by Crippen LogP contribution is 2.30. The van der Waals surface area contributed by atoms with E-state index in [4.69, 9.17) is 11.6 Å². The van der Waals surface area contributed by atoms with Crippen LogP contribution in [0, 0.1) is 16.3 Å². The molecule has 0 fully saturated rings. The monoisotopic (exact) mass is 417 g/mol. The third-order valence-electron chi connectivity index (χ3n) is 3.40. The van der Waals surface area contributed by atoms with Crippen molar-refractivity contribution >= 4 is 34.2 Å². The minimum absolute atomic E-state index is 0.158. The third kappa shape index (κ3) is 3.96. The molecule has 0 spiro atoms. The van der Waals surface area contributed by atoms with Crippen LogP contribution in [0.3, 0.4) is 0 Å². The number of aryl methyl sites for hydroxylation is 1. The molecule has 112 valence electrons. The van der Waals surface area contributed by atoms with Gasteiger partial charge in [0.2, 0.25) is 0 Å². The molecule has 0 aliphatic rings. The second-order valence-corrected chi connectivity index (χ2v) is 6.55. The summed E-state index contributed by atoms with van der Waals surface area (Å²) in [7, 11) is 0. The zero-order valence-electron chi connectivity index (χ0n) is 12.1. The first kappa shape index (κ1) is 16.7. The fourth-order valence-corrected chi connectivity index (χ4v) is 3.13. The molecule has 0 heterocycles. The van der Waals surface area contributed by atoms with Gasteiger partial charge in [0.1, 0.15) is 5.82 Å². The van der Waals surface area contributed by atoms with Gasteiger partial charge in [0.25, 0.3) is 0 Å². The third-order valence-corrected chi connectivity index (χ3v) is 5.11. The second-order valence-electron chi connectivity index (χ2n) is 5.03. The van der Waals surface area contributed by atoms with Crippen LogP contribution in [0.2, 0.25) is 5.02 Å². The van der Waals surface area contributed by atoms with E-state index >= 15 is 0 Å². The molecule has 0 bridgehead atoms. The molecule has 0 aromatic heterocycles. The standard InChI is InChI=1S/C17H18ClFIN/c1-3-9-21-17(13-8-7-12(18)10-15(13)19)14-6-4-5-11(2)16(14)20/h4-8,10,17,21H,3,9H2,1-2H3. The van der Waals surface area contributed by atoms with Crippen LogP contribution < -0.4 is 5.32 Å². The molecule has 0 saturated heterocycles. The van der Waals surface area contributed by atoms with Gasteiger partial charge in [0.05, 0.1) is 6.04 Å². The molecule has 0 aliphatic carbocycles. The summed E-state index contributed by atoms with van der Waals surface area (Å²) in [6, 6.07) is 10.9. The summed E-state index contributed by atoms with van der Waals surface area (Å²) in [5.41, 5.74) is 2.94. The maximum Gasteiger partial charge on any atom is 0.129 e. The Morgan fingerprint density at radius 3 is 2.67 bits per heavy atom. The molecule has 2 rings (SSSR count). The zero-order chi connectivity index (χ0) is 15.4. The molecular weight excluding hydrogens is 400 g/mol. The van der Waals surface area contributed by atoms with E-state index < -0.39 is 0 Å². The number of rotatable bonds is 5. The van der Waals surface area contributed by atoms with Crippen LogP contribution in [0.1, 0.15) is 36.1 Å². The Kier molecular flexibility index (Phi) is 6.02. The Balaban J connectivity index is 2.49. The highest BCUT2D eigenvalue weighted by Gasteiger charge is 2.20. The number of nitrogens with one attached hydrogen (secondary N) is 1. The maximum absolute atomic E-state index is 14.3. The van der Waals surface area contributed by atoms with Crippen LogP contribution in [-0.2, 0) is 0 Å². The van der Waals surface area contributed by atoms with Crippen molar-refractivity contribution in [3.8, 4) is 0 Å². The summed E-state index contributed by atoms with van der Waals surface area (Å²) in [4.78, 5) is 0. The molecule has 4 heteroatoms. The van der Waals surface area contributed by atoms with Gasteiger partial charge < -0.3 is 5.32 Å². The van der Waals surface area contributed by atoms with Crippen LogP contribution in [0.4, 0.5) is 4.39 Å². The first-order valence-electron chi connectivity index (χ1n) is 6.98. The summed E-state index contributed by atoms with van der Waals surface area (Å²) in [6.45, 7) is 5.00. The minimum atomic E-state index is -0.270. The maximum atomic E-state index is 14.3. The van der Waals surface area contributed by atoms with Gasteiger partial charge in [0, 0.05) is 14.2 Å². The lowest BCUT2D eigenvalue weighted by Crippen LogP contribution is -2.25. The highest BCUT2D eigenvalue weighted by atomic mass is 127. The minimum Gasteiger partial charge on any atom is -0.306 e. The predicted octanol–water partition coefficient (Wildman–Crippen LogP) is 5.48. The van der Waals surface area contributed by atoms with E-state index in [1.807, 2.05) is 6.07 Å². The molecule has 2 aromatic carbocycles. The molecule has 2 aromatic rings. The van der Waals surface area contributed by atoms with Gasteiger partial charge in [-0.25, -0.2) is 4.39 Å². The van der Waals surface area contributed by atoms with Gasteiger partial charge in [0.15, 0.2) is 0 Å². The van der Waals surface area contributed by atoms with Gasteiger partial charge >= 0.3 is 0 Å². The van der Waals surface area contributed by atoms with E-state index in [1.165, 1.54) is 11.6 Å². The Hall–Kier alpha value is -0.650. The Bertz CT molecular complexity index is 630. The van der Waals surface area contributed by atoms with Crippen LogP contribution in [0.25, 0.3) is 0 Å². The Morgan fingerprint density at radius 2 is 2.00 bits per heavy atom. The summed E-state index contributed by atoms with van der Waals surface area (Å²) in [6.07, 6.45) is 0.994. The van der Waals surface area contributed by atoms with Gasteiger partial charge in [-0.15, -0.1) is 0 Å². The van der Waals surface area contributed by atoms with Crippen molar-refractivity contribution < 1.29 is 4.39 Å². The average Bonchev–Trinajstić information content (AvgIpc) is 2.45. The molecule has 0 saturated carbocycles. The van der Waals surface area contributed by atoms with E-state index in [1.54, 1.807) is 12.1 Å². The largest absolute Gasteiger partial charge is 0.306 e. The van der Waals surface area contributed by atoms with Crippen LogP contribution in [0.5, 0.6) is 0 Å². The quantitative estimate of drug-likeness (QED) is 0.635. The zero-order valence-corrected chi connectivity index (χ0v) is 15.0. The summed E-state index contributed by atoms with van der Waals surface area (Å²) in [5, 5.41) is 3.86. The van der Waals surface area contributed by atoms with E-state index in [0.29, 0.717) is 10.6 Å². The fraction of sp³-hybridized carbons (Fsp3) is 0.294. The van der Waals surface area contributed by atoms with Crippen molar-refractivity contribution in [2.75, 3.05) is 6.54 Å². The smallest absolute Gasteiger partial charge is 0.129 e. The van der Waals surface area contributed by atoms with E-state index in [2.05, 4.69) is 53.9 Å². The summed E-state index contributed by atoms with van der Waals surface area (Å²) < 4.78 is 15.5. The summed E-state index contributed by atoms with van der Waals surface area (Å²) >= 11 is 8.20. The lowest BCUT2D eigenvalue weighted by molar-refractivity contribution is 0.545. The van der Waals surface area contributed by atoms with Crippen molar-refractivity contribution in [2.45, 2.75) is 26.3 Å². The van der Waals surface area contributed by atoms with Crippen molar-refractivity contribution in [1.29, 1.82) is 0 Å². The van der Waals surface area contributed by atoms with Gasteiger partial charge in [-0.2, -0.15) is 0 Å². The first-order chi connectivity index (χ1) is 10.0. The van der Waals surface area contributed by atoms with Crippen molar-refractivity contribution in [3.63, 3.8) is 0 Å². The van der Waals surface area contributed by atoms with E-state index in [0.717, 1.165) is 22.1 Å². The normalized spacial score (nSPS) is 12.4. The molecule has 0 amide bonds. The van der Waals surface area contributed by atoms with Gasteiger partial charge in [-0.1, -0.05) is 42.8 Å². The summed E-state index contributed by atoms with van der Waals surface area (Å²) in [5.74, 6) is -0.270.